The third-order valence-corrected chi connectivity index (χ3v) is 8.18. The SMILES string of the molecule is O=C(Nc1nc(-c2cccc([N+](=O)[O-])c2)cs1)C1CCCN(S(=O)(=O)c2ccc(Cl)cc2)C1. The third-order valence-electron chi connectivity index (χ3n) is 5.29. The Balaban J connectivity index is 1.44. The van der Waals surface area contributed by atoms with Crippen LogP contribution in [0.3, 0.4) is 0 Å². The summed E-state index contributed by atoms with van der Waals surface area (Å²) in [5, 5.41) is 16.2. The molecule has 1 aromatic heterocycles. The fourth-order valence-electron chi connectivity index (χ4n) is 3.58. The summed E-state index contributed by atoms with van der Waals surface area (Å²) >= 11 is 7.05. The average molecular weight is 507 g/mol. The van der Waals surface area contributed by atoms with Crippen molar-refractivity contribution < 1.29 is 18.1 Å². The predicted molar refractivity (Wildman–Crippen MR) is 126 cm³/mol. The molecule has 4 rings (SSSR count). The highest BCUT2D eigenvalue weighted by atomic mass is 35.5. The van der Waals surface area contributed by atoms with Gasteiger partial charge in [-0.3, -0.25) is 14.9 Å². The molecule has 2 aromatic carbocycles. The van der Waals surface area contributed by atoms with Crippen molar-refractivity contribution >= 4 is 49.7 Å². The molecule has 1 saturated heterocycles. The lowest BCUT2D eigenvalue weighted by atomic mass is 9.99. The van der Waals surface area contributed by atoms with E-state index in [1.54, 1.807) is 17.5 Å². The number of aromatic nitrogens is 1. The number of benzene rings is 2. The van der Waals surface area contributed by atoms with Crippen molar-refractivity contribution in [2.75, 3.05) is 18.4 Å². The van der Waals surface area contributed by atoms with Crippen molar-refractivity contribution in [3.63, 3.8) is 0 Å². The molecule has 1 aliphatic rings. The number of nitrogens with zero attached hydrogens (tertiary/aromatic N) is 3. The minimum Gasteiger partial charge on any atom is -0.302 e. The minimum absolute atomic E-state index is 0.0460. The standard InChI is InChI=1S/C21H19ClN4O5S2/c22-16-6-8-18(9-7-16)33(30,31)25-10-2-4-15(12-25)20(27)24-21-23-19(13-32-21)14-3-1-5-17(11-14)26(28)29/h1,3,5-9,11,13,15H,2,4,10,12H2,(H,23,24,27). The Morgan fingerprint density at radius 3 is 2.73 bits per heavy atom. The number of thiazole rings is 1. The Kier molecular flexibility index (Phi) is 6.75. The molecule has 1 fully saturated rings. The summed E-state index contributed by atoms with van der Waals surface area (Å²) in [7, 11) is -3.73. The first-order valence-corrected chi connectivity index (χ1v) is 12.7. The van der Waals surface area contributed by atoms with E-state index in [0.29, 0.717) is 40.8 Å². The van der Waals surface area contributed by atoms with Crippen molar-refractivity contribution in [2.24, 2.45) is 5.92 Å². The van der Waals surface area contributed by atoms with Gasteiger partial charge in [0.25, 0.3) is 5.69 Å². The Bertz CT molecular complexity index is 1290. The molecule has 9 nitrogen and oxygen atoms in total. The van der Waals surface area contributed by atoms with Crippen LogP contribution in [-0.2, 0) is 14.8 Å². The topological polar surface area (TPSA) is 123 Å². The van der Waals surface area contributed by atoms with Crippen LogP contribution >= 0.6 is 22.9 Å². The highest BCUT2D eigenvalue weighted by Crippen LogP contribution is 2.29. The van der Waals surface area contributed by atoms with Gasteiger partial charge in [-0.15, -0.1) is 11.3 Å². The van der Waals surface area contributed by atoms with Crippen LogP contribution in [0.1, 0.15) is 12.8 Å². The molecule has 1 amide bonds. The van der Waals surface area contributed by atoms with Gasteiger partial charge in [0.1, 0.15) is 0 Å². The number of nitro benzene ring substituents is 1. The number of anilines is 1. The summed E-state index contributed by atoms with van der Waals surface area (Å²) in [6, 6.07) is 12.0. The molecule has 12 heteroatoms. The van der Waals surface area contributed by atoms with Crippen LogP contribution in [0.2, 0.25) is 5.02 Å². The highest BCUT2D eigenvalue weighted by Gasteiger charge is 2.33. The monoisotopic (exact) mass is 506 g/mol. The van der Waals surface area contributed by atoms with Gasteiger partial charge < -0.3 is 5.32 Å². The van der Waals surface area contributed by atoms with Crippen molar-refractivity contribution in [1.29, 1.82) is 0 Å². The number of carbonyl (C=O) groups is 1. The largest absolute Gasteiger partial charge is 0.302 e. The molecule has 1 N–H and O–H groups in total. The van der Waals surface area contributed by atoms with Crippen LogP contribution < -0.4 is 5.32 Å². The van der Waals surface area contributed by atoms with Crippen LogP contribution in [0, 0.1) is 16.0 Å². The molecule has 1 atom stereocenters. The molecular weight excluding hydrogens is 488 g/mol. The number of non-ortho nitro benzene ring substituents is 1. The van der Waals surface area contributed by atoms with E-state index < -0.39 is 20.9 Å². The second-order valence-corrected chi connectivity index (χ2v) is 10.7. The van der Waals surface area contributed by atoms with Gasteiger partial charge in [-0.2, -0.15) is 4.31 Å². The van der Waals surface area contributed by atoms with Gasteiger partial charge in [0.05, 0.1) is 21.4 Å². The summed E-state index contributed by atoms with van der Waals surface area (Å²) in [6.07, 6.45) is 1.11. The van der Waals surface area contributed by atoms with Gasteiger partial charge in [-0.25, -0.2) is 13.4 Å². The number of piperidine rings is 1. The second kappa shape index (κ2) is 9.56. The summed E-state index contributed by atoms with van der Waals surface area (Å²) in [5.41, 5.74) is 1.03. The number of halogens is 1. The molecule has 0 bridgehead atoms. The first kappa shape index (κ1) is 23.3. The van der Waals surface area contributed by atoms with Gasteiger partial charge >= 0.3 is 0 Å². The first-order chi connectivity index (χ1) is 15.7. The fraction of sp³-hybridized carbons (Fsp3) is 0.238. The lowest BCUT2D eigenvalue weighted by molar-refractivity contribution is -0.384. The van der Waals surface area contributed by atoms with Crippen LogP contribution in [0.15, 0.2) is 58.8 Å². The third kappa shape index (κ3) is 5.22. The zero-order chi connectivity index (χ0) is 23.6. The lowest BCUT2D eigenvalue weighted by Gasteiger charge is -2.31. The van der Waals surface area contributed by atoms with Crippen LogP contribution in [0.5, 0.6) is 0 Å². The van der Waals surface area contributed by atoms with E-state index in [2.05, 4.69) is 10.3 Å². The van der Waals surface area contributed by atoms with E-state index in [1.807, 2.05) is 0 Å². The number of carbonyl (C=O) groups excluding carboxylic acids is 1. The van der Waals surface area contributed by atoms with Gasteiger partial charge in [-0.1, -0.05) is 23.7 Å². The molecule has 0 spiro atoms. The van der Waals surface area contributed by atoms with E-state index in [-0.39, 0.29) is 23.0 Å². The van der Waals surface area contributed by atoms with Crippen molar-refractivity contribution in [3.8, 4) is 11.3 Å². The lowest BCUT2D eigenvalue weighted by Crippen LogP contribution is -2.43. The molecule has 0 saturated carbocycles. The van der Waals surface area contributed by atoms with Crippen LogP contribution in [0.25, 0.3) is 11.3 Å². The van der Waals surface area contributed by atoms with Gasteiger partial charge in [-0.05, 0) is 37.1 Å². The van der Waals surface area contributed by atoms with Crippen molar-refractivity contribution in [2.45, 2.75) is 17.7 Å². The van der Waals surface area contributed by atoms with E-state index >= 15 is 0 Å². The fourth-order valence-corrected chi connectivity index (χ4v) is 5.95. The van der Waals surface area contributed by atoms with E-state index in [9.17, 15) is 23.3 Å². The molecule has 1 unspecified atom stereocenters. The Hall–Kier alpha value is -2.86. The second-order valence-electron chi connectivity index (χ2n) is 7.49. The Morgan fingerprint density at radius 1 is 1.24 bits per heavy atom. The van der Waals surface area contributed by atoms with Crippen LogP contribution in [0.4, 0.5) is 10.8 Å². The summed E-state index contributed by atoms with van der Waals surface area (Å²) in [5.74, 6) is -0.836. The van der Waals surface area contributed by atoms with E-state index in [1.165, 1.54) is 52.0 Å². The Morgan fingerprint density at radius 2 is 2.00 bits per heavy atom. The zero-order valence-electron chi connectivity index (χ0n) is 17.2. The average Bonchev–Trinajstić information content (AvgIpc) is 3.28. The number of rotatable bonds is 6. The molecular formula is C21H19ClN4O5S2. The quantitative estimate of drug-likeness (QED) is 0.390. The zero-order valence-corrected chi connectivity index (χ0v) is 19.6. The minimum atomic E-state index is -3.73. The molecule has 0 radical (unpaired) electrons. The normalized spacial score (nSPS) is 16.9. The first-order valence-electron chi connectivity index (χ1n) is 10.0. The van der Waals surface area contributed by atoms with Gasteiger partial charge in [0.2, 0.25) is 15.9 Å². The van der Waals surface area contributed by atoms with Crippen LogP contribution in [-0.4, -0.2) is 41.6 Å². The molecule has 0 aliphatic carbocycles. The van der Waals surface area contributed by atoms with E-state index in [4.69, 9.17) is 11.6 Å². The van der Waals surface area contributed by atoms with Crippen molar-refractivity contribution in [1.82, 2.24) is 9.29 Å². The number of hydrogen-bond acceptors (Lipinski definition) is 7. The smallest absolute Gasteiger partial charge is 0.270 e. The number of sulfonamides is 1. The number of amides is 1. The summed E-state index contributed by atoms with van der Waals surface area (Å²) in [6.45, 7) is 0.406. The van der Waals surface area contributed by atoms with E-state index in [0.717, 1.165) is 0 Å². The summed E-state index contributed by atoms with van der Waals surface area (Å²) in [4.78, 5) is 27.8. The molecule has 33 heavy (non-hydrogen) atoms. The number of nitro groups is 1. The maximum atomic E-state index is 13.0. The maximum Gasteiger partial charge on any atom is 0.270 e. The van der Waals surface area contributed by atoms with Gasteiger partial charge in [0.15, 0.2) is 5.13 Å². The molecule has 1 aliphatic heterocycles. The Labute approximate surface area is 199 Å². The maximum absolute atomic E-state index is 13.0. The number of hydrogen-bond donors (Lipinski definition) is 1. The number of nitrogens with one attached hydrogen (secondary N) is 1. The van der Waals surface area contributed by atoms with Gasteiger partial charge in [0, 0.05) is 41.2 Å². The van der Waals surface area contributed by atoms with Crippen molar-refractivity contribution in [3.05, 3.63) is 69.0 Å². The molecule has 172 valence electrons. The predicted octanol–water partition coefficient (Wildman–Crippen LogP) is 4.41. The molecule has 2 heterocycles. The summed E-state index contributed by atoms with van der Waals surface area (Å²) < 4.78 is 27.2. The highest BCUT2D eigenvalue weighted by molar-refractivity contribution is 7.89. The molecule has 3 aromatic rings.